The molecule has 0 saturated heterocycles. The smallest absolute Gasteiger partial charge is 0.200 e. The number of carbonyl (C=O) groups is 1. The minimum Gasteiger partial charge on any atom is -0.485 e. The number of halogens is 2. The van der Waals surface area contributed by atoms with E-state index in [-0.39, 0.29) is 12.4 Å². The molecule has 0 heterocycles. The molecular weight excluding hydrogens is 279 g/mol. The molecule has 0 saturated carbocycles. The summed E-state index contributed by atoms with van der Waals surface area (Å²) < 4.78 is 18.5. The van der Waals surface area contributed by atoms with E-state index in [0.717, 1.165) is 12.0 Å². The molecule has 0 aliphatic rings. The lowest BCUT2D eigenvalue weighted by Crippen LogP contribution is -2.11. The van der Waals surface area contributed by atoms with E-state index in [2.05, 4.69) is 0 Å². The van der Waals surface area contributed by atoms with E-state index < -0.39 is 5.82 Å². The summed E-state index contributed by atoms with van der Waals surface area (Å²) in [6.07, 6.45) is 0.786. The zero-order valence-corrected chi connectivity index (χ0v) is 11.8. The van der Waals surface area contributed by atoms with Crippen molar-refractivity contribution in [3.63, 3.8) is 0 Å². The van der Waals surface area contributed by atoms with Crippen molar-refractivity contribution in [1.82, 2.24) is 0 Å². The van der Waals surface area contributed by atoms with Gasteiger partial charge in [0.2, 0.25) is 0 Å². The van der Waals surface area contributed by atoms with Crippen LogP contribution in [0.2, 0.25) is 5.02 Å². The second kappa shape index (κ2) is 6.53. The Kier molecular flexibility index (Phi) is 4.74. The van der Waals surface area contributed by atoms with Gasteiger partial charge in [-0.05, 0) is 42.3 Å². The molecule has 0 aliphatic heterocycles. The topological polar surface area (TPSA) is 26.3 Å². The van der Waals surface area contributed by atoms with Gasteiger partial charge in [0, 0.05) is 10.6 Å². The molecule has 0 amide bonds. The summed E-state index contributed by atoms with van der Waals surface area (Å²) in [5.74, 6) is -0.121. The zero-order chi connectivity index (χ0) is 14.5. The molecule has 0 radical (unpaired) electrons. The highest BCUT2D eigenvalue weighted by Crippen LogP contribution is 2.22. The maximum Gasteiger partial charge on any atom is 0.200 e. The number of hydrogen-bond acceptors (Lipinski definition) is 2. The van der Waals surface area contributed by atoms with Crippen molar-refractivity contribution >= 4 is 17.4 Å². The third-order valence-corrected chi connectivity index (χ3v) is 3.28. The number of Topliss-reactive ketones (excluding diaryl/α,β-unsaturated/α-hetero) is 1. The largest absolute Gasteiger partial charge is 0.485 e. The lowest BCUT2D eigenvalue weighted by molar-refractivity contribution is 0.0921. The molecule has 0 fully saturated rings. The van der Waals surface area contributed by atoms with Crippen LogP contribution in [0.25, 0.3) is 0 Å². The van der Waals surface area contributed by atoms with Crippen molar-refractivity contribution < 1.29 is 13.9 Å². The van der Waals surface area contributed by atoms with Gasteiger partial charge in [-0.25, -0.2) is 4.39 Å². The summed E-state index contributed by atoms with van der Waals surface area (Å²) in [7, 11) is 0. The summed E-state index contributed by atoms with van der Waals surface area (Å²) in [5, 5.41) is 0.677. The molecule has 0 aliphatic carbocycles. The molecule has 0 unspecified atom stereocenters. The Hall–Kier alpha value is -1.87. The Morgan fingerprint density at radius 3 is 2.75 bits per heavy atom. The van der Waals surface area contributed by atoms with Crippen LogP contribution in [0.15, 0.2) is 42.5 Å². The van der Waals surface area contributed by atoms with Gasteiger partial charge in [0.05, 0.1) is 0 Å². The third-order valence-electron chi connectivity index (χ3n) is 2.91. The summed E-state index contributed by atoms with van der Waals surface area (Å²) >= 11 is 6.01. The standard InChI is InChI=1S/C16H14ClFO2/c1-2-11-9-14(6-7-15(11)17)20-10-16(19)12-4-3-5-13(18)8-12/h3-9H,2,10H2,1H3. The van der Waals surface area contributed by atoms with Crippen LogP contribution in [0, 0.1) is 5.82 Å². The number of aryl methyl sites for hydroxylation is 1. The lowest BCUT2D eigenvalue weighted by atomic mass is 10.1. The predicted molar refractivity (Wildman–Crippen MR) is 77.1 cm³/mol. The SMILES string of the molecule is CCc1cc(OCC(=O)c2cccc(F)c2)ccc1Cl. The average Bonchev–Trinajstić information content (AvgIpc) is 2.46. The molecule has 2 rings (SSSR count). The fraction of sp³-hybridized carbons (Fsp3) is 0.188. The van der Waals surface area contributed by atoms with E-state index >= 15 is 0 Å². The molecule has 2 aromatic carbocycles. The molecule has 2 nitrogen and oxygen atoms in total. The normalized spacial score (nSPS) is 10.3. The Morgan fingerprint density at radius 2 is 2.05 bits per heavy atom. The van der Waals surface area contributed by atoms with Crippen LogP contribution in [0.4, 0.5) is 4.39 Å². The van der Waals surface area contributed by atoms with Crippen LogP contribution in [-0.2, 0) is 6.42 Å². The van der Waals surface area contributed by atoms with Gasteiger partial charge in [0.1, 0.15) is 11.6 Å². The van der Waals surface area contributed by atoms with Crippen LogP contribution in [0.1, 0.15) is 22.8 Å². The molecular formula is C16H14ClFO2. The van der Waals surface area contributed by atoms with Gasteiger partial charge in [-0.2, -0.15) is 0 Å². The van der Waals surface area contributed by atoms with Gasteiger partial charge in [0.25, 0.3) is 0 Å². The molecule has 20 heavy (non-hydrogen) atoms. The molecule has 0 bridgehead atoms. The second-order valence-electron chi connectivity index (χ2n) is 4.33. The molecule has 0 spiro atoms. The second-order valence-corrected chi connectivity index (χ2v) is 4.74. The molecule has 2 aromatic rings. The fourth-order valence-corrected chi connectivity index (χ4v) is 2.06. The first kappa shape index (κ1) is 14.5. The van der Waals surface area contributed by atoms with Crippen molar-refractivity contribution in [2.24, 2.45) is 0 Å². The highest BCUT2D eigenvalue weighted by atomic mass is 35.5. The predicted octanol–water partition coefficient (Wildman–Crippen LogP) is 4.30. The minimum atomic E-state index is -0.435. The summed E-state index contributed by atoms with van der Waals surface area (Å²) in [4.78, 5) is 11.9. The number of hydrogen-bond donors (Lipinski definition) is 0. The van der Waals surface area contributed by atoms with Gasteiger partial charge in [-0.1, -0.05) is 30.7 Å². The quantitative estimate of drug-likeness (QED) is 0.768. The average molecular weight is 293 g/mol. The third kappa shape index (κ3) is 3.58. The Balaban J connectivity index is 2.03. The number of ether oxygens (including phenoxy) is 1. The molecule has 0 aromatic heterocycles. The molecule has 104 valence electrons. The lowest BCUT2D eigenvalue weighted by Gasteiger charge is -2.08. The number of carbonyl (C=O) groups excluding carboxylic acids is 1. The van der Waals surface area contributed by atoms with Crippen molar-refractivity contribution in [1.29, 1.82) is 0 Å². The highest BCUT2D eigenvalue weighted by molar-refractivity contribution is 6.31. The first-order valence-corrected chi connectivity index (χ1v) is 6.68. The molecule has 4 heteroatoms. The summed E-state index contributed by atoms with van der Waals surface area (Å²) in [6, 6.07) is 10.8. The van der Waals surface area contributed by atoms with Crippen LogP contribution in [0.3, 0.4) is 0 Å². The number of ketones is 1. The summed E-state index contributed by atoms with van der Waals surface area (Å²) in [6.45, 7) is 1.86. The van der Waals surface area contributed by atoms with E-state index in [1.54, 1.807) is 24.3 Å². The van der Waals surface area contributed by atoms with Crippen molar-refractivity contribution in [3.8, 4) is 5.75 Å². The van der Waals surface area contributed by atoms with Crippen molar-refractivity contribution in [2.75, 3.05) is 6.61 Å². The zero-order valence-electron chi connectivity index (χ0n) is 11.0. The number of rotatable bonds is 5. The first-order chi connectivity index (χ1) is 9.60. The van der Waals surface area contributed by atoms with Crippen LogP contribution in [0.5, 0.6) is 5.75 Å². The maximum absolute atomic E-state index is 13.0. The fourth-order valence-electron chi connectivity index (χ4n) is 1.81. The number of benzene rings is 2. The first-order valence-electron chi connectivity index (χ1n) is 6.30. The van der Waals surface area contributed by atoms with Gasteiger partial charge in [-0.15, -0.1) is 0 Å². The Bertz CT molecular complexity index is 626. The van der Waals surface area contributed by atoms with E-state index in [1.165, 1.54) is 18.2 Å². The Labute approximate surface area is 122 Å². The minimum absolute atomic E-state index is 0.131. The van der Waals surface area contributed by atoms with Gasteiger partial charge in [0.15, 0.2) is 12.4 Å². The Morgan fingerprint density at radius 1 is 1.25 bits per heavy atom. The highest BCUT2D eigenvalue weighted by Gasteiger charge is 2.08. The van der Waals surface area contributed by atoms with Crippen molar-refractivity contribution in [2.45, 2.75) is 13.3 Å². The van der Waals surface area contributed by atoms with Gasteiger partial charge < -0.3 is 4.74 Å². The van der Waals surface area contributed by atoms with Crippen molar-refractivity contribution in [3.05, 3.63) is 64.4 Å². The van der Waals surface area contributed by atoms with Gasteiger partial charge in [-0.3, -0.25) is 4.79 Å². The van der Waals surface area contributed by atoms with Crippen LogP contribution >= 0.6 is 11.6 Å². The van der Waals surface area contributed by atoms with Crippen LogP contribution < -0.4 is 4.74 Å². The van der Waals surface area contributed by atoms with E-state index in [0.29, 0.717) is 16.3 Å². The van der Waals surface area contributed by atoms with E-state index in [1.807, 2.05) is 6.92 Å². The van der Waals surface area contributed by atoms with Gasteiger partial charge >= 0.3 is 0 Å². The van der Waals surface area contributed by atoms with E-state index in [4.69, 9.17) is 16.3 Å². The molecule has 0 atom stereocenters. The van der Waals surface area contributed by atoms with Crippen LogP contribution in [-0.4, -0.2) is 12.4 Å². The maximum atomic E-state index is 13.0. The monoisotopic (exact) mass is 292 g/mol. The summed E-state index contributed by atoms with van der Waals surface area (Å²) in [5.41, 5.74) is 1.26. The van der Waals surface area contributed by atoms with E-state index in [9.17, 15) is 9.18 Å². The molecule has 0 N–H and O–H groups in total.